The van der Waals surface area contributed by atoms with Crippen LogP contribution in [0, 0.1) is 45.3 Å². The molecule has 9 saturated heterocycles. The molecule has 8 aromatic heterocycles. The Morgan fingerprint density at radius 1 is 0.489 bits per heavy atom. The average molecular weight is 1960 g/mol. The summed E-state index contributed by atoms with van der Waals surface area (Å²) in [5, 5.41) is 74.9. The summed E-state index contributed by atoms with van der Waals surface area (Å²) in [6, 6.07) is 41.6. The van der Waals surface area contributed by atoms with Crippen LogP contribution < -0.4 is 20.0 Å². The molecular formula is C96H133Cl2F3N22O13S. The minimum atomic E-state index is -5.68. The predicted molar refractivity (Wildman–Crippen MR) is 517 cm³/mol. The fourth-order valence-electron chi connectivity index (χ4n) is 18.4. The number of nitrogens with zero attached hydrogens (tertiary/aromatic N) is 21. The molecule has 1 amide bonds. The van der Waals surface area contributed by atoms with E-state index in [4.69, 9.17) is 65.7 Å². The number of piperazine rings is 2. The number of hydrogen-bond acceptors (Lipinski definition) is 30. The average Bonchev–Trinajstić information content (AvgIpc) is 1.67. The molecule has 17 heterocycles. The lowest BCUT2D eigenvalue weighted by molar-refractivity contribution is -0.108. The van der Waals surface area contributed by atoms with E-state index in [1.807, 2.05) is 106 Å². The van der Waals surface area contributed by atoms with Gasteiger partial charge in [0, 0.05) is 110 Å². The van der Waals surface area contributed by atoms with Crippen molar-refractivity contribution in [1.82, 2.24) is 73.2 Å². The molecule has 746 valence electrons. The molecule has 0 bridgehead atoms. The summed E-state index contributed by atoms with van der Waals surface area (Å²) in [6.45, 7) is 36.3. The number of aliphatic hydroxyl groups is 2. The molecule has 3 N–H and O–H groups in total. The lowest BCUT2D eigenvalue weighted by Crippen LogP contribution is -2.55. The van der Waals surface area contributed by atoms with Crippen molar-refractivity contribution in [1.29, 1.82) is 21.0 Å². The summed E-state index contributed by atoms with van der Waals surface area (Å²) in [5.74, 6) is 0. The van der Waals surface area contributed by atoms with Gasteiger partial charge in [-0.2, -0.15) is 63.0 Å². The van der Waals surface area contributed by atoms with Crippen LogP contribution in [-0.4, -0.2) is 355 Å². The first kappa shape index (κ1) is 108. The minimum Gasteiger partial charge on any atom is -0.444 e. The third-order valence-electron chi connectivity index (χ3n) is 25.1. The van der Waals surface area contributed by atoms with Gasteiger partial charge in [-0.05, 0) is 219 Å². The van der Waals surface area contributed by atoms with Crippen LogP contribution in [0.3, 0.4) is 0 Å². The molecule has 0 aliphatic carbocycles. The maximum Gasteiger partial charge on any atom is 0.523 e. The van der Waals surface area contributed by atoms with Crippen LogP contribution in [0.4, 0.5) is 35.0 Å². The number of anilines is 3. The molecule has 0 spiro atoms. The Labute approximate surface area is 812 Å². The number of pyridine rings is 4. The highest BCUT2D eigenvalue weighted by Crippen LogP contribution is 2.33. The summed E-state index contributed by atoms with van der Waals surface area (Å²) in [7, 11) is -1.23. The van der Waals surface area contributed by atoms with E-state index in [0.717, 1.165) is 97.7 Å². The van der Waals surface area contributed by atoms with E-state index in [9.17, 15) is 36.8 Å². The molecule has 0 radical (unpaired) electrons. The first-order chi connectivity index (χ1) is 65.3. The van der Waals surface area contributed by atoms with Crippen molar-refractivity contribution in [2.75, 3.05) is 193 Å². The Hall–Kier alpha value is -9.67. The van der Waals surface area contributed by atoms with Gasteiger partial charge in [0.1, 0.15) is 58.8 Å². The van der Waals surface area contributed by atoms with Gasteiger partial charge in [0.05, 0.1) is 170 Å². The van der Waals surface area contributed by atoms with Gasteiger partial charge in [-0.1, -0.05) is 41.9 Å². The van der Waals surface area contributed by atoms with E-state index in [2.05, 4.69) is 110 Å². The molecule has 10 atom stereocenters. The van der Waals surface area contributed by atoms with Crippen LogP contribution >= 0.6 is 24.0 Å². The molecule has 9 aliphatic rings. The Morgan fingerprint density at radius 3 is 1.34 bits per heavy atom. The molecule has 41 heteroatoms. The zero-order valence-electron chi connectivity index (χ0n) is 80.0. The normalized spacial score (nSPS) is 23.6. The number of piperidine rings is 2. The number of likely N-dealkylation sites (tertiary alicyclic amines) is 1. The van der Waals surface area contributed by atoms with E-state index in [1.54, 1.807) is 81.9 Å². The second kappa shape index (κ2) is 51.5. The van der Waals surface area contributed by atoms with Crippen molar-refractivity contribution in [3.8, 4) is 24.3 Å². The van der Waals surface area contributed by atoms with E-state index >= 15 is 0 Å². The second-order valence-electron chi connectivity index (χ2n) is 37.0. The minimum absolute atomic E-state index is 0. The van der Waals surface area contributed by atoms with E-state index < -0.39 is 33.9 Å². The van der Waals surface area contributed by atoms with Crippen LogP contribution in [0.15, 0.2) is 128 Å². The standard InChI is InChI=1S/C24H35N7O.C18H27NO4.C15H15F3N4O4S.C14H16N4O2.C10H21N3.C8H4ClN3.C7H14O2.ClH/c1-19-16-30(23-4-3-21(15-25)31-24(23)5-8-26-31)18-22(32-19)17-28-9-6-20(7-10-28)29-13-11-27(2)12-14-29;1-14-10-19(17(20)23-18(2,3)4)11-16(22-14)13-21-12-15-8-6-5-7-9-15;1-10-7-21(8-12(26-10)9-25-27(23,24)15(16,17)18)13-3-2-11(6-19)22-14(13)4-5-20-22;1-10-7-17(8-12(9-19)20-10)13-3-2-11(6-15)18-14(13)4-5-16-18;1-12-6-8-13(9-7-12)10-2-4-11-5-3-10;9-7-2-1-6(5-10)12-8(7)3-4-11-12;1-6-3-2-4-7(5-8)9-6;/h3-5,8,19-20,22H,6-7,9-14,16-18H2,1-2H3;5-9,14,16H,10-13H2,1-4H3;2-5,10,12H,7-9H2,1H3;2-5,10,12,19H,7-9H2,1H3;10-11H,2-9H2,1H3;1-4H;6-8H,2-5H2,1H3;1H/t19-,22+;14-,16-;2*10-,12-;;;6-,7-;/m1111..1./s1. The number of amides is 1. The number of alkyl halides is 3. The Bertz CT molecular complexity index is 5570. The van der Waals surface area contributed by atoms with Crippen LogP contribution in [0.5, 0.6) is 0 Å². The number of aromatic nitrogens is 8. The number of nitrogens with one attached hydrogen (secondary N) is 1. The molecular weight excluding hydrogens is 1830 g/mol. The van der Waals surface area contributed by atoms with Crippen molar-refractivity contribution in [2.45, 2.75) is 191 Å². The predicted octanol–water partition coefficient (Wildman–Crippen LogP) is 10.4. The van der Waals surface area contributed by atoms with Gasteiger partial charge in [0.2, 0.25) is 0 Å². The zero-order chi connectivity index (χ0) is 97.2. The largest absolute Gasteiger partial charge is 0.523 e. The molecule has 0 unspecified atom stereocenters. The monoisotopic (exact) mass is 1960 g/mol. The van der Waals surface area contributed by atoms with E-state index in [0.29, 0.717) is 84.5 Å². The number of hydrogen-bond donors (Lipinski definition) is 3. The number of morpholine rings is 4. The Balaban J connectivity index is 0.000000158. The van der Waals surface area contributed by atoms with Crippen molar-refractivity contribution in [3.63, 3.8) is 0 Å². The second-order valence-corrected chi connectivity index (χ2v) is 39.0. The highest BCUT2D eigenvalue weighted by atomic mass is 35.5. The lowest BCUT2D eigenvalue weighted by Gasteiger charge is -2.44. The van der Waals surface area contributed by atoms with E-state index in [1.165, 1.54) is 113 Å². The van der Waals surface area contributed by atoms with Gasteiger partial charge in [-0.15, -0.1) is 12.4 Å². The number of benzene rings is 1. The number of likely N-dealkylation sites (N-methyl/N-ethyl adjacent to an activating group) is 2. The number of carbonyl (C=O) groups is 1. The Kier molecular flexibility index (Phi) is 40.5. The number of rotatable bonds is 16. The summed E-state index contributed by atoms with van der Waals surface area (Å²) >= 11 is 5.86. The van der Waals surface area contributed by atoms with Crippen LogP contribution in [-0.2, 0) is 54.1 Å². The molecule has 9 aliphatic heterocycles. The molecule has 1 aromatic carbocycles. The van der Waals surface area contributed by atoms with Gasteiger partial charge in [-0.3, -0.25) is 14.0 Å². The number of ether oxygens (including phenoxy) is 7. The summed E-state index contributed by atoms with van der Waals surface area (Å²) < 4.78 is 110. The van der Waals surface area contributed by atoms with Crippen molar-refractivity contribution < 1.29 is 73.9 Å². The lowest BCUT2D eigenvalue weighted by atomic mass is 10.0. The first-order valence-corrected chi connectivity index (χ1v) is 48.8. The number of halogens is 5. The Morgan fingerprint density at radius 2 is 0.898 bits per heavy atom. The topological polar surface area (TPSA) is 371 Å². The zero-order valence-corrected chi connectivity index (χ0v) is 82.4. The summed E-state index contributed by atoms with van der Waals surface area (Å²) in [5.41, 5.74) is 3.18. The van der Waals surface area contributed by atoms with E-state index in [-0.39, 0.29) is 87.1 Å². The van der Waals surface area contributed by atoms with Gasteiger partial charge >= 0.3 is 21.7 Å². The third-order valence-corrected chi connectivity index (χ3v) is 26.4. The van der Waals surface area contributed by atoms with Crippen LogP contribution in [0.25, 0.3) is 22.1 Å². The molecule has 18 rings (SSSR count). The molecule has 9 aromatic rings. The molecule has 137 heavy (non-hydrogen) atoms. The number of nitriles is 4. The van der Waals surface area contributed by atoms with Crippen molar-refractivity contribution in [3.05, 3.63) is 161 Å². The van der Waals surface area contributed by atoms with Gasteiger partial charge < -0.3 is 83.0 Å². The number of carbonyl (C=O) groups excluding carboxylic acids is 1. The first-order valence-electron chi connectivity index (χ1n) is 47.0. The highest BCUT2D eigenvalue weighted by molar-refractivity contribution is 7.87. The molecule has 35 nitrogen and oxygen atoms in total. The number of fused-ring (bicyclic) bond motifs is 4. The quantitative estimate of drug-likeness (QED) is 0.0597. The maximum atomic E-state index is 12.4. The fourth-order valence-corrected chi connectivity index (χ4v) is 19.1. The molecule has 9 fully saturated rings. The summed E-state index contributed by atoms with van der Waals surface area (Å²) in [6.07, 6.45) is 14.2. The van der Waals surface area contributed by atoms with Crippen molar-refractivity contribution in [2.24, 2.45) is 0 Å². The van der Waals surface area contributed by atoms with Gasteiger partial charge in [0.25, 0.3) is 0 Å². The van der Waals surface area contributed by atoms with Gasteiger partial charge in [-0.25, -0.2) is 22.9 Å². The highest BCUT2D eigenvalue weighted by Gasteiger charge is 2.48. The van der Waals surface area contributed by atoms with Crippen LogP contribution in [0.1, 0.15) is 129 Å². The smallest absolute Gasteiger partial charge is 0.444 e. The SMILES string of the molecule is CN1CCN(C2CCNCC2)CC1.C[C@@H]1CCC[C@H](CO)O1.C[C@@H]1CN(C(=O)OC(C)(C)C)C[C@H](COCc2ccccc2)O1.C[C@@H]1CN(c2ccc(C#N)n3nccc23)C[C@H](CN2CCC(N3CCN(C)CC3)CC2)O1.C[C@@H]1CN(c2ccc(C#N)n3nccc23)C[C@H](CO)O1.C[C@@H]1CN(c2ccc(C#N)n3nccc23)C[C@H](COS(=O)(=O)C(F)(F)F)O1.Cl.N#Cc1ccc(Cl)c2ccnn12. The number of aliphatic hydroxyl groups excluding tert-OH is 2. The maximum absolute atomic E-state index is 12.4. The third kappa shape index (κ3) is 30.7. The van der Waals surface area contributed by atoms with Gasteiger partial charge in [0.15, 0.2) is 0 Å². The molecule has 0 saturated carbocycles. The van der Waals surface area contributed by atoms with Crippen LogP contribution in [0.2, 0.25) is 5.02 Å². The fraction of sp³-hybridized carbons (Fsp3) is 0.594. The van der Waals surface area contributed by atoms with Crippen molar-refractivity contribution >= 4 is 79.3 Å². The summed E-state index contributed by atoms with van der Waals surface area (Å²) in [4.78, 5) is 33.2.